The SMILES string of the molecule is CC(=O)[C@@H](C)CCCCNC(=O)CC[C@H](NC(=O)CN1CCN(CC(=O)O)CCN(CC(=O)O)CCN(CC(=O)O)CC1)C(=O)O. The number of nitrogens with zero attached hydrogens (tertiary/aromatic N) is 4. The number of carbonyl (C=O) groups excluding carboxylic acids is 3. The lowest BCUT2D eigenvalue weighted by Crippen LogP contribution is -2.51. The molecule has 0 aromatic carbocycles. The van der Waals surface area contributed by atoms with Gasteiger partial charge in [-0.15, -0.1) is 0 Å². The third-order valence-electron chi connectivity index (χ3n) is 7.75. The second kappa shape index (κ2) is 22.0. The van der Waals surface area contributed by atoms with Gasteiger partial charge in [0.05, 0.1) is 26.2 Å². The van der Waals surface area contributed by atoms with Crippen molar-refractivity contribution in [3.8, 4) is 0 Å². The van der Waals surface area contributed by atoms with Crippen molar-refractivity contribution in [1.82, 2.24) is 30.2 Å². The van der Waals surface area contributed by atoms with Gasteiger partial charge in [0, 0.05) is 71.2 Å². The van der Waals surface area contributed by atoms with Crippen LogP contribution < -0.4 is 10.6 Å². The number of rotatable bonds is 19. The average molecular weight is 659 g/mol. The molecule has 46 heavy (non-hydrogen) atoms. The molecule has 1 rings (SSSR count). The number of ketones is 1. The van der Waals surface area contributed by atoms with Gasteiger partial charge in [0.25, 0.3) is 0 Å². The van der Waals surface area contributed by atoms with E-state index < -0.39 is 35.8 Å². The first-order valence-electron chi connectivity index (χ1n) is 15.5. The number of aliphatic carboxylic acids is 4. The number of Topliss-reactive ketones (excluding diaryl/α,β-unsaturated/α-hetero) is 1. The third-order valence-corrected chi connectivity index (χ3v) is 7.75. The second-order valence-electron chi connectivity index (χ2n) is 11.6. The first kappa shape index (κ1) is 40.4. The molecule has 0 unspecified atom stereocenters. The average Bonchev–Trinajstić information content (AvgIpc) is 2.95. The number of hydrogen-bond donors (Lipinski definition) is 6. The molecule has 2 atom stereocenters. The summed E-state index contributed by atoms with van der Waals surface area (Å²) >= 11 is 0. The fourth-order valence-corrected chi connectivity index (χ4v) is 4.86. The Kier molecular flexibility index (Phi) is 19.3. The lowest BCUT2D eigenvalue weighted by atomic mass is 10.0. The Morgan fingerprint density at radius 3 is 1.39 bits per heavy atom. The van der Waals surface area contributed by atoms with Crippen LogP contribution >= 0.6 is 0 Å². The lowest BCUT2D eigenvalue weighted by molar-refractivity contribution is -0.142. The summed E-state index contributed by atoms with van der Waals surface area (Å²) in [5, 5.41) is 42.8. The summed E-state index contributed by atoms with van der Waals surface area (Å²) in [5.41, 5.74) is 0. The summed E-state index contributed by atoms with van der Waals surface area (Å²) in [4.78, 5) is 89.1. The third kappa shape index (κ3) is 19.0. The Morgan fingerprint density at radius 2 is 1.02 bits per heavy atom. The van der Waals surface area contributed by atoms with Gasteiger partial charge in [0.1, 0.15) is 11.8 Å². The maximum absolute atomic E-state index is 12.9. The first-order valence-corrected chi connectivity index (χ1v) is 15.5. The molecular weight excluding hydrogens is 608 g/mol. The number of carboxylic acids is 4. The predicted octanol–water partition coefficient (Wildman–Crippen LogP) is -1.68. The number of nitrogens with one attached hydrogen (secondary N) is 2. The number of carboxylic acid groups (broad SMARTS) is 4. The minimum atomic E-state index is -1.32. The number of carbonyl (C=O) groups is 7. The maximum atomic E-state index is 12.9. The van der Waals surface area contributed by atoms with E-state index in [1.807, 2.05) is 6.92 Å². The van der Waals surface area contributed by atoms with Crippen LogP contribution in [0.2, 0.25) is 0 Å². The number of hydrogen-bond acceptors (Lipinski definition) is 11. The van der Waals surface area contributed by atoms with Gasteiger partial charge >= 0.3 is 23.9 Å². The summed E-state index contributed by atoms with van der Waals surface area (Å²) in [6.45, 7) is 4.32. The van der Waals surface area contributed by atoms with E-state index in [1.165, 1.54) is 6.92 Å². The quantitative estimate of drug-likeness (QED) is 0.0850. The molecule has 0 bridgehead atoms. The molecule has 17 heteroatoms. The summed E-state index contributed by atoms with van der Waals surface area (Å²) in [6, 6.07) is -1.32. The monoisotopic (exact) mass is 658 g/mol. The topological polar surface area (TPSA) is 237 Å². The van der Waals surface area contributed by atoms with Crippen LogP contribution in [0.25, 0.3) is 0 Å². The van der Waals surface area contributed by atoms with Crippen molar-refractivity contribution in [2.45, 2.75) is 52.0 Å². The van der Waals surface area contributed by atoms with Crippen molar-refractivity contribution in [3.05, 3.63) is 0 Å². The fourth-order valence-electron chi connectivity index (χ4n) is 4.86. The van der Waals surface area contributed by atoms with E-state index in [0.717, 1.165) is 12.8 Å². The van der Waals surface area contributed by atoms with E-state index >= 15 is 0 Å². The second-order valence-corrected chi connectivity index (χ2v) is 11.6. The molecule has 1 aliphatic heterocycles. The maximum Gasteiger partial charge on any atom is 0.326 e. The molecule has 0 aromatic heterocycles. The van der Waals surface area contributed by atoms with E-state index in [9.17, 15) is 54.0 Å². The summed E-state index contributed by atoms with van der Waals surface area (Å²) < 4.78 is 0. The Labute approximate surface area is 268 Å². The van der Waals surface area contributed by atoms with E-state index in [1.54, 1.807) is 19.6 Å². The van der Waals surface area contributed by atoms with Gasteiger partial charge in [0.2, 0.25) is 11.8 Å². The fraction of sp³-hybridized carbons (Fsp3) is 0.759. The summed E-state index contributed by atoms with van der Waals surface area (Å²) in [7, 11) is 0. The van der Waals surface area contributed by atoms with Crippen molar-refractivity contribution < 1.29 is 54.0 Å². The van der Waals surface area contributed by atoms with Gasteiger partial charge in [-0.25, -0.2) is 4.79 Å². The van der Waals surface area contributed by atoms with Crippen LogP contribution in [-0.2, 0) is 33.6 Å². The van der Waals surface area contributed by atoms with Crippen LogP contribution in [0.3, 0.4) is 0 Å². The smallest absolute Gasteiger partial charge is 0.326 e. The van der Waals surface area contributed by atoms with Crippen LogP contribution in [0.4, 0.5) is 0 Å². The lowest BCUT2D eigenvalue weighted by Gasteiger charge is -2.33. The Balaban J connectivity index is 2.80. The molecule has 0 radical (unpaired) electrons. The zero-order valence-corrected chi connectivity index (χ0v) is 26.8. The van der Waals surface area contributed by atoms with Gasteiger partial charge < -0.3 is 31.1 Å². The van der Waals surface area contributed by atoms with Gasteiger partial charge in [-0.3, -0.25) is 48.4 Å². The van der Waals surface area contributed by atoms with E-state index in [-0.39, 0.29) is 109 Å². The van der Waals surface area contributed by atoms with Crippen molar-refractivity contribution in [3.63, 3.8) is 0 Å². The molecule has 1 aliphatic rings. The molecule has 6 N–H and O–H groups in total. The highest BCUT2D eigenvalue weighted by Gasteiger charge is 2.24. The van der Waals surface area contributed by atoms with E-state index in [0.29, 0.717) is 13.0 Å². The minimum Gasteiger partial charge on any atom is -0.480 e. The summed E-state index contributed by atoms with van der Waals surface area (Å²) in [6.07, 6.45) is 1.89. The molecule has 0 saturated carbocycles. The molecule has 17 nitrogen and oxygen atoms in total. The van der Waals surface area contributed by atoms with Crippen LogP contribution in [0.1, 0.15) is 46.0 Å². The molecule has 1 saturated heterocycles. The first-order chi connectivity index (χ1) is 21.7. The molecule has 262 valence electrons. The van der Waals surface area contributed by atoms with Crippen LogP contribution in [-0.4, -0.2) is 173 Å². The highest BCUT2D eigenvalue weighted by Crippen LogP contribution is 2.08. The highest BCUT2D eigenvalue weighted by molar-refractivity contribution is 5.85. The zero-order valence-electron chi connectivity index (χ0n) is 26.8. The molecule has 1 fully saturated rings. The Morgan fingerprint density at radius 1 is 0.609 bits per heavy atom. The Hall–Kier alpha value is -3.67. The summed E-state index contributed by atoms with van der Waals surface area (Å²) in [5.74, 6) is -5.44. The van der Waals surface area contributed by atoms with Crippen molar-refractivity contribution in [1.29, 1.82) is 0 Å². The van der Waals surface area contributed by atoms with Gasteiger partial charge in [-0.1, -0.05) is 13.3 Å². The minimum absolute atomic E-state index is 0.0406. The van der Waals surface area contributed by atoms with Crippen LogP contribution in [0.15, 0.2) is 0 Å². The van der Waals surface area contributed by atoms with Crippen LogP contribution in [0, 0.1) is 5.92 Å². The van der Waals surface area contributed by atoms with Gasteiger partial charge in [-0.2, -0.15) is 0 Å². The standard InChI is InChI=1S/C29H50N6O11/c1-21(22(2)36)5-3-4-8-30-24(37)7-6-23(29(45)46)31-25(38)17-32-9-11-33(18-26(39)40)13-15-35(20-28(43)44)16-14-34(12-10-32)19-27(41)42/h21,23H,3-20H2,1-2H3,(H,30,37)(H,31,38)(H,39,40)(H,41,42)(H,43,44)(H,45,46)/t21-,23-/m0/s1. The molecule has 0 aromatic rings. The largest absolute Gasteiger partial charge is 0.480 e. The highest BCUT2D eigenvalue weighted by atomic mass is 16.4. The van der Waals surface area contributed by atoms with E-state index in [4.69, 9.17) is 0 Å². The molecule has 2 amide bonds. The zero-order chi connectivity index (χ0) is 34.6. The Bertz CT molecular complexity index is 1010. The normalized spacial score (nSPS) is 17.5. The van der Waals surface area contributed by atoms with Gasteiger partial charge in [-0.05, 0) is 26.2 Å². The molecule has 1 heterocycles. The van der Waals surface area contributed by atoms with E-state index in [2.05, 4.69) is 10.6 Å². The van der Waals surface area contributed by atoms with Crippen molar-refractivity contribution in [2.75, 3.05) is 85.1 Å². The van der Waals surface area contributed by atoms with Crippen LogP contribution in [0.5, 0.6) is 0 Å². The van der Waals surface area contributed by atoms with Gasteiger partial charge in [0.15, 0.2) is 0 Å². The molecule has 0 aliphatic carbocycles. The predicted molar refractivity (Wildman–Crippen MR) is 164 cm³/mol. The molecule has 0 spiro atoms. The van der Waals surface area contributed by atoms with Crippen molar-refractivity contribution in [2.24, 2.45) is 5.92 Å². The number of amides is 2. The number of unbranched alkanes of at least 4 members (excludes halogenated alkanes) is 1. The van der Waals surface area contributed by atoms with Crippen molar-refractivity contribution >= 4 is 41.5 Å². The molecular formula is C29H50N6O11.